The zero-order valence-electron chi connectivity index (χ0n) is 13.6. The fourth-order valence-corrected chi connectivity index (χ4v) is 4.28. The molecule has 0 aromatic heterocycles. The zero-order valence-corrected chi connectivity index (χ0v) is 13.6. The third kappa shape index (κ3) is 2.40. The lowest BCUT2D eigenvalue weighted by Gasteiger charge is -2.48. The lowest BCUT2D eigenvalue weighted by Crippen LogP contribution is -2.42. The summed E-state index contributed by atoms with van der Waals surface area (Å²) in [5.74, 6) is 4.15. The van der Waals surface area contributed by atoms with Crippen LogP contribution in [-0.4, -0.2) is 27.4 Å². The van der Waals surface area contributed by atoms with Crippen LogP contribution in [0.3, 0.4) is 0 Å². The minimum atomic E-state index is 0.529. The van der Waals surface area contributed by atoms with Crippen molar-refractivity contribution in [1.82, 2.24) is 0 Å². The highest BCUT2D eigenvalue weighted by Crippen LogP contribution is 2.60. The second kappa shape index (κ2) is 5.89. The molecule has 4 atom stereocenters. The van der Waals surface area contributed by atoms with Crippen LogP contribution in [0.1, 0.15) is 23.0 Å². The van der Waals surface area contributed by atoms with E-state index < -0.39 is 0 Å². The molecule has 2 fully saturated rings. The third-order valence-corrected chi connectivity index (χ3v) is 5.48. The molecule has 1 aliphatic heterocycles. The lowest BCUT2D eigenvalue weighted by molar-refractivity contribution is 0.142. The van der Waals surface area contributed by atoms with Crippen molar-refractivity contribution in [3.63, 3.8) is 0 Å². The molecule has 2 aromatic carbocycles. The third-order valence-electron chi connectivity index (χ3n) is 5.48. The van der Waals surface area contributed by atoms with Crippen LogP contribution in [0.4, 0.5) is 0 Å². The highest BCUT2D eigenvalue weighted by atomic mass is 16.5. The predicted octanol–water partition coefficient (Wildman–Crippen LogP) is 3.85. The van der Waals surface area contributed by atoms with Crippen LogP contribution >= 0.6 is 0 Å². The summed E-state index contributed by atoms with van der Waals surface area (Å²) in [4.78, 5) is 0. The maximum absolute atomic E-state index is 5.78. The lowest BCUT2D eigenvalue weighted by atomic mass is 9.54. The molecule has 120 valence electrons. The maximum atomic E-state index is 5.78. The van der Waals surface area contributed by atoms with E-state index >= 15 is 0 Å². The number of hydrogen-bond acceptors (Lipinski definition) is 3. The van der Waals surface area contributed by atoms with Crippen LogP contribution in [-0.2, 0) is 4.74 Å². The molecule has 0 unspecified atom stereocenters. The van der Waals surface area contributed by atoms with Gasteiger partial charge in [0.05, 0.1) is 27.4 Å². The van der Waals surface area contributed by atoms with Crippen LogP contribution in [0.2, 0.25) is 0 Å². The van der Waals surface area contributed by atoms with Crippen LogP contribution in [0.5, 0.6) is 11.5 Å². The van der Waals surface area contributed by atoms with Gasteiger partial charge in [0.2, 0.25) is 0 Å². The summed E-state index contributed by atoms with van der Waals surface area (Å²) < 4.78 is 16.3. The summed E-state index contributed by atoms with van der Waals surface area (Å²) in [5, 5.41) is 0. The van der Waals surface area contributed by atoms with Gasteiger partial charge in [-0.05, 0) is 59.1 Å². The average Bonchev–Trinajstić information content (AvgIpc) is 3.00. The Morgan fingerprint density at radius 2 is 1.09 bits per heavy atom. The van der Waals surface area contributed by atoms with Crippen molar-refractivity contribution in [2.75, 3.05) is 27.4 Å². The molecular weight excluding hydrogens is 288 g/mol. The molecule has 0 spiro atoms. The Hall–Kier alpha value is -2.00. The first-order valence-corrected chi connectivity index (χ1v) is 8.17. The van der Waals surface area contributed by atoms with E-state index in [2.05, 4.69) is 48.5 Å². The standard InChI is InChI=1S/C20H22O3/c1-21-15-7-3-13(4-8-15)19-17-11-23-12-18(17)20(19)14-5-9-16(22-2)10-6-14/h3-10,17-20H,11-12H2,1-2H3/t17-,18+,19+,20-. The fourth-order valence-electron chi connectivity index (χ4n) is 4.28. The Morgan fingerprint density at radius 3 is 1.43 bits per heavy atom. The van der Waals surface area contributed by atoms with E-state index in [4.69, 9.17) is 14.2 Å². The van der Waals surface area contributed by atoms with Crippen molar-refractivity contribution < 1.29 is 14.2 Å². The predicted molar refractivity (Wildman–Crippen MR) is 89.3 cm³/mol. The van der Waals surface area contributed by atoms with Crippen LogP contribution in [0.25, 0.3) is 0 Å². The summed E-state index contributed by atoms with van der Waals surface area (Å²) in [6.07, 6.45) is 0. The van der Waals surface area contributed by atoms with Crippen molar-refractivity contribution in [2.24, 2.45) is 11.8 Å². The first-order chi connectivity index (χ1) is 11.3. The van der Waals surface area contributed by atoms with Crippen LogP contribution in [0.15, 0.2) is 48.5 Å². The molecule has 0 bridgehead atoms. The molecule has 1 heterocycles. The van der Waals surface area contributed by atoms with Gasteiger partial charge in [-0.3, -0.25) is 0 Å². The minimum Gasteiger partial charge on any atom is -0.497 e. The summed E-state index contributed by atoms with van der Waals surface area (Å²) >= 11 is 0. The number of methoxy groups -OCH3 is 2. The second-order valence-electron chi connectivity index (χ2n) is 6.46. The van der Waals surface area contributed by atoms with Gasteiger partial charge in [-0.1, -0.05) is 24.3 Å². The molecule has 0 N–H and O–H groups in total. The van der Waals surface area contributed by atoms with Gasteiger partial charge >= 0.3 is 0 Å². The number of rotatable bonds is 4. The van der Waals surface area contributed by atoms with Gasteiger partial charge in [-0.25, -0.2) is 0 Å². The molecule has 3 nitrogen and oxygen atoms in total. The van der Waals surface area contributed by atoms with Gasteiger partial charge in [-0.2, -0.15) is 0 Å². The SMILES string of the molecule is COc1ccc([C@@H]2[C@H]3COC[C@H]3[C@@H]2c2ccc(OC)cc2)cc1. The first-order valence-electron chi connectivity index (χ1n) is 8.17. The van der Waals surface area contributed by atoms with Gasteiger partial charge in [0, 0.05) is 0 Å². The van der Waals surface area contributed by atoms with E-state index in [1.807, 2.05) is 0 Å². The molecule has 0 amide bonds. The van der Waals surface area contributed by atoms with Crippen molar-refractivity contribution in [3.05, 3.63) is 59.7 Å². The monoisotopic (exact) mass is 310 g/mol. The topological polar surface area (TPSA) is 27.7 Å². The van der Waals surface area contributed by atoms with Crippen molar-refractivity contribution >= 4 is 0 Å². The Labute approximate surface area is 137 Å². The molecule has 2 aliphatic rings. The molecule has 3 heteroatoms. The number of fused-ring (bicyclic) bond motifs is 1. The van der Waals surface area contributed by atoms with E-state index in [1.54, 1.807) is 14.2 Å². The number of benzene rings is 2. The Kier molecular flexibility index (Phi) is 3.74. The molecule has 1 saturated carbocycles. The van der Waals surface area contributed by atoms with Crippen LogP contribution < -0.4 is 9.47 Å². The average molecular weight is 310 g/mol. The molecule has 1 aliphatic carbocycles. The van der Waals surface area contributed by atoms with E-state index in [-0.39, 0.29) is 0 Å². The molecular formula is C20H22O3. The Morgan fingerprint density at radius 1 is 0.696 bits per heavy atom. The van der Waals surface area contributed by atoms with Crippen LogP contribution in [0, 0.1) is 11.8 Å². The fraction of sp³-hybridized carbons (Fsp3) is 0.400. The van der Waals surface area contributed by atoms with Gasteiger partial charge in [0.15, 0.2) is 0 Å². The van der Waals surface area contributed by atoms with Gasteiger partial charge < -0.3 is 14.2 Å². The first kappa shape index (κ1) is 14.6. The highest BCUT2D eigenvalue weighted by molar-refractivity contribution is 5.40. The van der Waals surface area contributed by atoms with Gasteiger partial charge in [0.1, 0.15) is 11.5 Å². The van der Waals surface area contributed by atoms with Crippen molar-refractivity contribution in [2.45, 2.75) is 11.8 Å². The summed E-state index contributed by atoms with van der Waals surface area (Å²) in [7, 11) is 3.42. The summed E-state index contributed by atoms with van der Waals surface area (Å²) in [6.45, 7) is 1.77. The number of ether oxygens (including phenoxy) is 3. The van der Waals surface area contributed by atoms with E-state index in [0.29, 0.717) is 23.7 Å². The minimum absolute atomic E-state index is 0.529. The molecule has 1 saturated heterocycles. The summed E-state index contributed by atoms with van der Waals surface area (Å²) in [5.41, 5.74) is 2.77. The molecule has 2 aromatic rings. The highest BCUT2D eigenvalue weighted by Gasteiger charge is 2.54. The van der Waals surface area contributed by atoms with Gasteiger partial charge in [0.25, 0.3) is 0 Å². The van der Waals surface area contributed by atoms with E-state index in [0.717, 1.165) is 24.7 Å². The van der Waals surface area contributed by atoms with E-state index in [1.165, 1.54) is 11.1 Å². The number of hydrogen-bond donors (Lipinski definition) is 0. The molecule has 0 radical (unpaired) electrons. The maximum Gasteiger partial charge on any atom is 0.118 e. The van der Waals surface area contributed by atoms with Gasteiger partial charge in [-0.15, -0.1) is 0 Å². The zero-order chi connectivity index (χ0) is 15.8. The van der Waals surface area contributed by atoms with E-state index in [9.17, 15) is 0 Å². The smallest absolute Gasteiger partial charge is 0.118 e. The molecule has 4 rings (SSSR count). The Bertz CT molecular complexity index is 603. The normalized spacial score (nSPS) is 28.8. The quantitative estimate of drug-likeness (QED) is 0.858. The van der Waals surface area contributed by atoms with Crippen molar-refractivity contribution in [1.29, 1.82) is 0 Å². The Balaban J connectivity index is 1.65. The molecule has 23 heavy (non-hydrogen) atoms. The van der Waals surface area contributed by atoms with Crippen molar-refractivity contribution in [3.8, 4) is 11.5 Å². The largest absolute Gasteiger partial charge is 0.497 e. The summed E-state index contributed by atoms with van der Waals surface area (Å²) in [6, 6.07) is 17.0. The second-order valence-corrected chi connectivity index (χ2v) is 6.46.